The maximum atomic E-state index is 12.5. The highest BCUT2D eigenvalue weighted by Gasteiger charge is 2.30. The Morgan fingerprint density at radius 2 is 1.83 bits per heavy atom. The van der Waals surface area contributed by atoms with Gasteiger partial charge >= 0.3 is 5.97 Å². The summed E-state index contributed by atoms with van der Waals surface area (Å²) in [5, 5.41) is 14.1. The van der Waals surface area contributed by atoms with Crippen LogP contribution in [-0.4, -0.2) is 69.6 Å². The Morgan fingerprint density at radius 3 is 2.55 bits per heavy atom. The summed E-state index contributed by atoms with van der Waals surface area (Å²) in [5.74, 6) is 1.31. The average molecular weight is 639 g/mol. The fourth-order valence-electron chi connectivity index (χ4n) is 6.92. The van der Waals surface area contributed by atoms with Gasteiger partial charge in [-0.15, -0.1) is 0 Å². The normalized spacial score (nSPS) is 16.9. The highest BCUT2D eigenvalue weighted by Crippen LogP contribution is 2.42. The number of hydrogen-bond donors (Lipinski definition) is 1. The van der Waals surface area contributed by atoms with Crippen LogP contribution in [0.1, 0.15) is 84.7 Å². The molecule has 4 aromatic rings. The largest absolute Gasteiger partial charge is 0.486 e. The van der Waals surface area contributed by atoms with Crippen LogP contribution >= 0.6 is 0 Å². The lowest BCUT2D eigenvalue weighted by molar-refractivity contribution is -0.140. The monoisotopic (exact) mass is 638 g/mol. The van der Waals surface area contributed by atoms with Crippen molar-refractivity contribution in [3.63, 3.8) is 0 Å². The highest BCUT2D eigenvalue weighted by atomic mass is 16.5. The highest BCUT2D eigenvalue weighted by molar-refractivity contribution is 5.92. The van der Waals surface area contributed by atoms with E-state index in [9.17, 15) is 14.7 Å². The first kappa shape index (κ1) is 32.2. The van der Waals surface area contributed by atoms with Crippen molar-refractivity contribution in [2.45, 2.75) is 71.0 Å². The number of piperidine rings is 1. The molecule has 1 aliphatic carbocycles. The molecule has 1 amide bonds. The predicted octanol–water partition coefficient (Wildman–Crippen LogP) is 5.84. The lowest BCUT2D eigenvalue weighted by Crippen LogP contribution is -2.42. The lowest BCUT2D eigenvalue weighted by atomic mass is 9.85. The number of aryl methyl sites for hydroxylation is 2. The molecule has 2 atom stereocenters. The maximum Gasteiger partial charge on any atom is 0.345 e. The minimum absolute atomic E-state index is 0.133. The number of methoxy groups -OCH3 is 1. The predicted molar refractivity (Wildman–Crippen MR) is 177 cm³/mol. The van der Waals surface area contributed by atoms with Crippen molar-refractivity contribution in [3.8, 4) is 28.7 Å². The Labute approximate surface area is 275 Å². The number of pyridine rings is 1. The molecule has 0 bridgehead atoms. The molecule has 2 unspecified atom stereocenters. The first-order valence-corrected chi connectivity index (χ1v) is 16.5. The molecule has 6 rings (SSSR count). The molecule has 1 N–H and O–H groups in total. The second-order valence-corrected chi connectivity index (χ2v) is 12.1. The Hall–Kier alpha value is -4.70. The maximum absolute atomic E-state index is 12.5. The standard InChI is InChI=1S/C37H42N4O6/c1-5-24-21-27(14-15-28(24)25-17-19-40(20-18-25)35(43)23(3)42)47-32-16-13-26-9-7-10-29(34(26)32)31-11-8-12-33(39-31)41-36(45-4)30(22-38-41)37(44)46-6-2/h7-12,14-15,21-23,25,32,42H,5-6,13,16-20H2,1-4H3. The molecule has 2 aromatic carbocycles. The van der Waals surface area contributed by atoms with Gasteiger partial charge in [0, 0.05) is 24.2 Å². The number of carbonyl (C=O) groups is 2. The summed E-state index contributed by atoms with van der Waals surface area (Å²) in [7, 11) is 1.49. The average Bonchev–Trinajstić information content (AvgIpc) is 3.72. The van der Waals surface area contributed by atoms with Crippen LogP contribution in [0.15, 0.2) is 60.8 Å². The van der Waals surface area contributed by atoms with E-state index in [0.29, 0.717) is 24.8 Å². The van der Waals surface area contributed by atoms with E-state index in [4.69, 9.17) is 19.2 Å². The molecule has 10 nitrogen and oxygen atoms in total. The van der Waals surface area contributed by atoms with Crippen molar-refractivity contribution in [2.24, 2.45) is 0 Å². The summed E-state index contributed by atoms with van der Waals surface area (Å²) in [4.78, 5) is 31.4. The molecular weight excluding hydrogens is 596 g/mol. The van der Waals surface area contributed by atoms with E-state index in [2.05, 4.69) is 48.4 Å². The molecule has 3 heterocycles. The number of aromatic nitrogens is 3. The first-order chi connectivity index (χ1) is 22.8. The van der Waals surface area contributed by atoms with Gasteiger partial charge in [0.05, 0.1) is 25.6 Å². The number of rotatable bonds is 10. The van der Waals surface area contributed by atoms with Crippen LogP contribution in [0.5, 0.6) is 11.6 Å². The van der Waals surface area contributed by atoms with E-state index in [0.717, 1.165) is 54.7 Å². The second-order valence-electron chi connectivity index (χ2n) is 12.1. The van der Waals surface area contributed by atoms with Gasteiger partial charge in [0.15, 0.2) is 5.82 Å². The molecule has 0 saturated carbocycles. The van der Waals surface area contributed by atoms with E-state index < -0.39 is 12.1 Å². The fraction of sp³-hybridized carbons (Fsp3) is 0.405. The third-order valence-corrected chi connectivity index (χ3v) is 9.21. The molecule has 2 aliphatic rings. The Balaban J connectivity index is 1.24. The molecule has 0 spiro atoms. The Bertz CT molecular complexity index is 1760. The van der Waals surface area contributed by atoms with Crippen LogP contribution in [0.3, 0.4) is 0 Å². The van der Waals surface area contributed by atoms with E-state index in [-0.39, 0.29) is 30.1 Å². The van der Waals surface area contributed by atoms with Gasteiger partial charge in [-0.25, -0.2) is 9.78 Å². The SMILES string of the molecule is CCOC(=O)c1cnn(-c2cccc(-c3cccc4c3C(Oc3ccc(C5CCN(C(=O)C(C)O)CC5)c(CC)c3)CC4)n2)c1OC. The Kier molecular flexibility index (Phi) is 9.58. The van der Waals surface area contributed by atoms with Gasteiger partial charge in [-0.1, -0.05) is 37.3 Å². The zero-order chi connectivity index (χ0) is 33.1. The molecule has 2 aromatic heterocycles. The van der Waals surface area contributed by atoms with Gasteiger partial charge in [-0.3, -0.25) is 4.79 Å². The summed E-state index contributed by atoms with van der Waals surface area (Å²) < 4.78 is 19.0. The molecular formula is C37H42N4O6. The van der Waals surface area contributed by atoms with Crippen LogP contribution in [0, 0.1) is 0 Å². The zero-order valence-corrected chi connectivity index (χ0v) is 27.4. The summed E-state index contributed by atoms with van der Waals surface area (Å²) in [6, 6.07) is 18.5. The summed E-state index contributed by atoms with van der Waals surface area (Å²) >= 11 is 0. The van der Waals surface area contributed by atoms with E-state index in [1.54, 1.807) is 11.8 Å². The van der Waals surface area contributed by atoms with Crippen LogP contribution in [0.4, 0.5) is 0 Å². The number of aliphatic hydroxyl groups is 1. The number of amides is 1. The first-order valence-electron chi connectivity index (χ1n) is 16.5. The van der Waals surface area contributed by atoms with Gasteiger partial charge in [-0.2, -0.15) is 9.78 Å². The van der Waals surface area contributed by atoms with Gasteiger partial charge in [0.25, 0.3) is 5.91 Å². The fourth-order valence-corrected chi connectivity index (χ4v) is 6.92. The number of likely N-dealkylation sites (tertiary alicyclic amines) is 1. The molecule has 246 valence electrons. The van der Waals surface area contributed by atoms with Crippen molar-refractivity contribution in [1.29, 1.82) is 0 Å². The second kappa shape index (κ2) is 14.0. The van der Waals surface area contributed by atoms with Crippen molar-refractivity contribution in [1.82, 2.24) is 19.7 Å². The number of fused-ring (bicyclic) bond motifs is 1. The molecule has 1 aliphatic heterocycles. The van der Waals surface area contributed by atoms with Crippen molar-refractivity contribution < 1.29 is 28.9 Å². The summed E-state index contributed by atoms with van der Waals surface area (Å²) in [6.45, 7) is 7.02. The molecule has 1 fully saturated rings. The number of esters is 1. The van der Waals surface area contributed by atoms with Gasteiger partial charge in [0.1, 0.15) is 23.5 Å². The van der Waals surface area contributed by atoms with Crippen molar-refractivity contribution >= 4 is 11.9 Å². The van der Waals surface area contributed by atoms with Crippen molar-refractivity contribution in [2.75, 3.05) is 26.8 Å². The third kappa shape index (κ3) is 6.47. The number of benzene rings is 2. The summed E-state index contributed by atoms with van der Waals surface area (Å²) in [6.07, 6.45) is 4.77. The zero-order valence-electron chi connectivity index (χ0n) is 27.4. The number of aliphatic hydroxyl groups excluding tert-OH is 1. The number of nitrogens with zero attached hydrogens (tertiary/aromatic N) is 4. The molecule has 47 heavy (non-hydrogen) atoms. The minimum Gasteiger partial charge on any atom is -0.486 e. The van der Waals surface area contributed by atoms with Crippen LogP contribution in [-0.2, 0) is 22.4 Å². The van der Waals surface area contributed by atoms with E-state index >= 15 is 0 Å². The molecule has 0 radical (unpaired) electrons. The van der Waals surface area contributed by atoms with Gasteiger partial charge in [-0.05, 0) is 92.8 Å². The van der Waals surface area contributed by atoms with Gasteiger partial charge < -0.3 is 24.2 Å². The van der Waals surface area contributed by atoms with E-state index in [1.165, 1.54) is 41.6 Å². The van der Waals surface area contributed by atoms with Gasteiger partial charge in [0.2, 0.25) is 5.88 Å². The molecule has 10 heteroatoms. The third-order valence-electron chi connectivity index (χ3n) is 9.21. The Morgan fingerprint density at radius 1 is 1.04 bits per heavy atom. The lowest BCUT2D eigenvalue weighted by Gasteiger charge is -2.33. The smallest absolute Gasteiger partial charge is 0.345 e. The topological polar surface area (TPSA) is 116 Å². The van der Waals surface area contributed by atoms with Crippen LogP contribution < -0.4 is 9.47 Å². The number of carbonyl (C=O) groups excluding carboxylic acids is 2. The molecule has 1 saturated heterocycles. The van der Waals surface area contributed by atoms with Crippen LogP contribution in [0.25, 0.3) is 17.1 Å². The number of ether oxygens (including phenoxy) is 3. The quantitative estimate of drug-likeness (QED) is 0.216. The van der Waals surface area contributed by atoms with E-state index in [1.807, 2.05) is 18.2 Å². The van der Waals surface area contributed by atoms with Crippen molar-refractivity contribution in [3.05, 3.63) is 88.6 Å². The summed E-state index contributed by atoms with van der Waals surface area (Å²) in [5.41, 5.74) is 6.96. The van der Waals surface area contributed by atoms with Crippen LogP contribution in [0.2, 0.25) is 0 Å². The minimum atomic E-state index is -0.957. The number of hydrogen-bond acceptors (Lipinski definition) is 8.